The first-order chi connectivity index (χ1) is 5.08. The Morgan fingerprint density at radius 1 is 1.50 bits per heavy atom. The summed E-state index contributed by atoms with van der Waals surface area (Å²) in [5, 5.41) is 0. The molecule has 1 saturated heterocycles. The van der Waals surface area contributed by atoms with E-state index in [-0.39, 0.29) is 35.6 Å². The van der Waals surface area contributed by atoms with Crippen LogP contribution in [-0.2, 0) is 9.53 Å². The first-order valence-corrected chi connectivity index (χ1v) is 6.92. The Balaban J connectivity index is 0.00000121. The van der Waals surface area contributed by atoms with E-state index in [1.165, 1.54) is 19.7 Å². The third kappa shape index (κ3) is 2.56. The van der Waals surface area contributed by atoms with Gasteiger partial charge < -0.3 is 28.7 Å². The summed E-state index contributed by atoms with van der Waals surface area (Å²) in [7, 11) is 0.536. The van der Waals surface area contributed by atoms with E-state index >= 15 is 0 Å². The van der Waals surface area contributed by atoms with Crippen molar-refractivity contribution in [3.05, 3.63) is 0 Å². The predicted molar refractivity (Wildman–Crippen MR) is 48.7 cm³/mol. The van der Waals surface area contributed by atoms with Crippen LogP contribution in [0.1, 0.15) is 12.8 Å². The number of carbonyl (C=O) groups excluding carboxylic acids is 1. The number of halogens is 1. The third-order valence-electron chi connectivity index (χ3n) is 2.53. The maximum Gasteiger partial charge on any atom is 0.346 e. The first kappa shape index (κ1) is 12.6. The number of esters is 1. The Morgan fingerprint density at radius 3 is 2.42 bits per heavy atom. The lowest BCUT2D eigenvalue weighted by Crippen LogP contribution is -3.00. The lowest BCUT2D eigenvalue weighted by atomic mass is 10.2. The van der Waals surface area contributed by atoms with E-state index in [2.05, 4.69) is 13.3 Å². The standard InChI is InChI=1S/C8H16O2P.HI/c1-10-8(9)7-5-4-6-11(7,2)3;/h7H,4-6H2,1-3H3;1H/q+1;/p-1. The fourth-order valence-electron chi connectivity index (χ4n) is 1.74. The molecule has 2 nitrogen and oxygen atoms in total. The highest BCUT2D eigenvalue weighted by molar-refractivity contribution is 7.76. The van der Waals surface area contributed by atoms with Crippen molar-refractivity contribution in [2.45, 2.75) is 18.5 Å². The average molecular weight is 302 g/mol. The molecule has 1 unspecified atom stereocenters. The van der Waals surface area contributed by atoms with Crippen LogP contribution in [0.4, 0.5) is 0 Å². The highest BCUT2D eigenvalue weighted by Gasteiger charge is 2.46. The van der Waals surface area contributed by atoms with Crippen LogP contribution in [0.2, 0.25) is 0 Å². The van der Waals surface area contributed by atoms with Gasteiger partial charge in [-0.2, -0.15) is 0 Å². The maximum absolute atomic E-state index is 11.2. The van der Waals surface area contributed by atoms with Crippen molar-refractivity contribution >= 4 is 13.2 Å². The molecule has 1 fully saturated rings. The van der Waals surface area contributed by atoms with Crippen LogP contribution in [0.5, 0.6) is 0 Å². The van der Waals surface area contributed by atoms with Gasteiger partial charge in [0.25, 0.3) is 0 Å². The van der Waals surface area contributed by atoms with Crippen LogP contribution >= 0.6 is 7.26 Å². The van der Waals surface area contributed by atoms with Crippen LogP contribution in [-0.4, -0.2) is 38.2 Å². The maximum atomic E-state index is 11.2. The molecule has 0 radical (unpaired) electrons. The largest absolute Gasteiger partial charge is 1.00 e. The van der Waals surface area contributed by atoms with E-state index in [9.17, 15) is 4.79 Å². The van der Waals surface area contributed by atoms with Gasteiger partial charge in [-0.15, -0.1) is 0 Å². The first-order valence-electron chi connectivity index (χ1n) is 3.98. The van der Waals surface area contributed by atoms with Crippen molar-refractivity contribution in [3.63, 3.8) is 0 Å². The minimum Gasteiger partial charge on any atom is -1.00 e. The number of hydrogen-bond acceptors (Lipinski definition) is 2. The molecule has 0 aliphatic carbocycles. The van der Waals surface area contributed by atoms with Gasteiger partial charge in [-0.3, -0.25) is 0 Å². The van der Waals surface area contributed by atoms with Gasteiger partial charge in [-0.1, -0.05) is 0 Å². The normalized spacial score (nSPS) is 26.1. The second-order valence-corrected chi connectivity index (χ2v) is 8.31. The van der Waals surface area contributed by atoms with E-state index < -0.39 is 7.26 Å². The van der Waals surface area contributed by atoms with E-state index in [1.54, 1.807) is 0 Å². The molecule has 1 atom stereocenters. The molecule has 72 valence electrons. The Hall–Kier alpha value is 0.630. The molecule has 0 spiro atoms. The number of carbonyl (C=O) groups is 1. The molecular formula is C8H16IO2P. The fourth-order valence-corrected chi connectivity index (χ4v) is 4.60. The molecule has 0 aromatic heterocycles. The van der Waals surface area contributed by atoms with Crippen LogP contribution < -0.4 is 24.0 Å². The lowest BCUT2D eigenvalue weighted by Gasteiger charge is -2.17. The summed E-state index contributed by atoms with van der Waals surface area (Å²) in [5.41, 5.74) is 0.243. The molecule has 0 aromatic rings. The Labute approximate surface area is 91.8 Å². The zero-order valence-electron chi connectivity index (χ0n) is 7.84. The highest BCUT2D eigenvalue weighted by atomic mass is 127. The van der Waals surface area contributed by atoms with Gasteiger partial charge in [0.1, 0.15) is 0 Å². The second-order valence-electron chi connectivity index (χ2n) is 3.68. The molecule has 1 aliphatic heterocycles. The molecule has 0 bridgehead atoms. The summed E-state index contributed by atoms with van der Waals surface area (Å²) in [6, 6.07) is 0. The van der Waals surface area contributed by atoms with Crippen molar-refractivity contribution < 1.29 is 33.5 Å². The molecular weight excluding hydrogens is 286 g/mol. The number of rotatable bonds is 1. The minimum atomic E-state index is -0.951. The molecule has 12 heavy (non-hydrogen) atoms. The van der Waals surface area contributed by atoms with Gasteiger partial charge in [0.15, 0.2) is 5.66 Å². The average Bonchev–Trinajstić information content (AvgIpc) is 2.28. The third-order valence-corrected chi connectivity index (χ3v) is 6.15. The van der Waals surface area contributed by atoms with Crippen LogP contribution in [0.15, 0.2) is 0 Å². The van der Waals surface area contributed by atoms with Crippen LogP contribution in [0.3, 0.4) is 0 Å². The SMILES string of the molecule is COC(=O)C1CCC[P+]1(C)C.[I-]. The summed E-state index contributed by atoms with van der Waals surface area (Å²) in [5.74, 6) is 0.0147. The van der Waals surface area contributed by atoms with E-state index in [4.69, 9.17) is 4.74 Å². The van der Waals surface area contributed by atoms with Crippen molar-refractivity contribution in [3.8, 4) is 0 Å². The molecule has 0 N–H and O–H groups in total. The molecule has 0 amide bonds. The quantitative estimate of drug-likeness (QED) is 0.338. The van der Waals surface area contributed by atoms with Gasteiger partial charge in [0.2, 0.25) is 0 Å². The van der Waals surface area contributed by atoms with Gasteiger partial charge >= 0.3 is 5.97 Å². The van der Waals surface area contributed by atoms with E-state index in [0.717, 1.165) is 6.42 Å². The second kappa shape index (κ2) is 4.75. The Kier molecular flexibility index (Phi) is 5.00. The zero-order valence-corrected chi connectivity index (χ0v) is 10.9. The predicted octanol–water partition coefficient (Wildman–Crippen LogP) is -1.40. The number of hydrogen-bond donors (Lipinski definition) is 0. The summed E-state index contributed by atoms with van der Waals surface area (Å²) in [4.78, 5) is 11.2. The summed E-state index contributed by atoms with van der Waals surface area (Å²) in [6.07, 6.45) is 3.51. The monoisotopic (exact) mass is 302 g/mol. The van der Waals surface area contributed by atoms with Crippen molar-refractivity contribution in [1.29, 1.82) is 0 Å². The molecule has 0 saturated carbocycles. The molecule has 1 rings (SSSR count). The summed E-state index contributed by atoms with van der Waals surface area (Å²) < 4.78 is 4.76. The van der Waals surface area contributed by atoms with Gasteiger partial charge in [0, 0.05) is 20.6 Å². The van der Waals surface area contributed by atoms with Crippen LogP contribution in [0, 0.1) is 0 Å². The van der Waals surface area contributed by atoms with Gasteiger partial charge in [-0.05, 0) is 12.8 Å². The fraction of sp³-hybridized carbons (Fsp3) is 0.875. The smallest absolute Gasteiger partial charge is 0.346 e. The van der Waals surface area contributed by atoms with Crippen LogP contribution in [0.25, 0.3) is 0 Å². The lowest BCUT2D eigenvalue weighted by molar-refractivity contribution is -0.140. The Morgan fingerprint density at radius 2 is 2.08 bits per heavy atom. The van der Waals surface area contributed by atoms with E-state index in [1.807, 2.05) is 0 Å². The molecule has 0 aromatic carbocycles. The Bertz CT molecular complexity index is 170. The number of methoxy groups -OCH3 is 1. The minimum absolute atomic E-state index is 0. The van der Waals surface area contributed by atoms with Crippen molar-refractivity contribution in [2.24, 2.45) is 0 Å². The van der Waals surface area contributed by atoms with Crippen molar-refractivity contribution in [1.82, 2.24) is 0 Å². The molecule has 1 heterocycles. The summed E-state index contributed by atoms with van der Waals surface area (Å²) >= 11 is 0. The summed E-state index contributed by atoms with van der Waals surface area (Å²) in [6.45, 7) is 4.50. The van der Waals surface area contributed by atoms with E-state index in [0.29, 0.717) is 0 Å². The van der Waals surface area contributed by atoms with Gasteiger partial charge in [0.05, 0.1) is 13.3 Å². The zero-order chi connectivity index (χ0) is 8.48. The highest BCUT2D eigenvalue weighted by Crippen LogP contribution is 2.62. The number of ether oxygens (including phenoxy) is 1. The van der Waals surface area contributed by atoms with Crippen molar-refractivity contribution in [2.75, 3.05) is 26.6 Å². The van der Waals surface area contributed by atoms with Gasteiger partial charge in [-0.25, -0.2) is 4.79 Å². The molecule has 1 aliphatic rings. The molecule has 4 heteroatoms. The topological polar surface area (TPSA) is 26.3 Å².